The molecule has 0 amide bonds. The summed E-state index contributed by atoms with van der Waals surface area (Å²) in [6, 6.07) is 3.62. The van der Waals surface area contributed by atoms with Gasteiger partial charge in [0.05, 0.1) is 12.2 Å². The maximum absolute atomic E-state index is 12.6. The maximum Gasteiger partial charge on any atom is 0.416 e. The summed E-state index contributed by atoms with van der Waals surface area (Å²) < 4.78 is 43.3. The fourth-order valence-electron chi connectivity index (χ4n) is 1.57. The van der Waals surface area contributed by atoms with E-state index in [4.69, 9.17) is 4.74 Å². The molecular formula is C13H17F3O. The monoisotopic (exact) mass is 246 g/mol. The molecule has 1 nitrogen and oxygen atoms in total. The van der Waals surface area contributed by atoms with Crippen LogP contribution in [-0.4, -0.2) is 6.61 Å². The molecule has 0 bridgehead atoms. The Balaban J connectivity index is 3.30. The topological polar surface area (TPSA) is 9.23 Å². The first-order valence-electron chi connectivity index (χ1n) is 5.50. The number of ether oxygens (including phenoxy) is 1. The van der Waals surface area contributed by atoms with E-state index in [2.05, 4.69) is 0 Å². The van der Waals surface area contributed by atoms with Crippen molar-refractivity contribution in [1.29, 1.82) is 0 Å². The lowest BCUT2D eigenvalue weighted by Crippen LogP contribution is -2.16. The molecule has 4 heteroatoms. The Morgan fingerprint density at radius 1 is 1.12 bits per heavy atom. The third-order valence-electron chi connectivity index (χ3n) is 2.41. The second-order valence-corrected chi connectivity index (χ2v) is 4.89. The van der Waals surface area contributed by atoms with E-state index in [1.165, 1.54) is 12.1 Å². The van der Waals surface area contributed by atoms with Gasteiger partial charge in [0.25, 0.3) is 0 Å². The van der Waals surface area contributed by atoms with Crippen molar-refractivity contribution >= 4 is 0 Å². The van der Waals surface area contributed by atoms with Gasteiger partial charge in [0.2, 0.25) is 0 Å². The van der Waals surface area contributed by atoms with E-state index >= 15 is 0 Å². The van der Waals surface area contributed by atoms with Gasteiger partial charge in [-0.2, -0.15) is 13.2 Å². The maximum atomic E-state index is 12.6. The molecule has 0 radical (unpaired) electrons. The van der Waals surface area contributed by atoms with Crippen LogP contribution in [0.3, 0.4) is 0 Å². The zero-order chi connectivity index (χ0) is 13.3. The number of rotatable bonds is 2. The van der Waals surface area contributed by atoms with Gasteiger partial charge in [-0.25, -0.2) is 0 Å². The summed E-state index contributed by atoms with van der Waals surface area (Å²) in [7, 11) is 0. The second-order valence-electron chi connectivity index (χ2n) is 4.89. The van der Waals surface area contributed by atoms with Gasteiger partial charge < -0.3 is 4.74 Å². The number of alkyl halides is 3. The smallest absolute Gasteiger partial charge is 0.416 e. The van der Waals surface area contributed by atoms with Crippen molar-refractivity contribution < 1.29 is 17.9 Å². The highest BCUT2D eigenvalue weighted by Crippen LogP contribution is 2.37. The molecule has 0 heterocycles. The lowest BCUT2D eigenvalue weighted by Gasteiger charge is -2.24. The molecule has 1 rings (SSSR count). The second kappa shape index (κ2) is 4.59. The zero-order valence-electron chi connectivity index (χ0n) is 10.5. The normalized spacial score (nSPS) is 12.6. The highest BCUT2D eigenvalue weighted by molar-refractivity contribution is 5.42. The fraction of sp³-hybridized carbons (Fsp3) is 0.538. The Hall–Kier alpha value is -1.19. The molecule has 0 unspecified atom stereocenters. The van der Waals surface area contributed by atoms with Crippen LogP contribution >= 0.6 is 0 Å². The van der Waals surface area contributed by atoms with Crippen LogP contribution in [0, 0.1) is 0 Å². The van der Waals surface area contributed by atoms with Gasteiger partial charge in [0.15, 0.2) is 0 Å². The first-order chi connectivity index (χ1) is 7.66. The van der Waals surface area contributed by atoms with Crippen LogP contribution in [-0.2, 0) is 11.6 Å². The number of halogens is 3. The summed E-state index contributed by atoms with van der Waals surface area (Å²) >= 11 is 0. The number of hydrogen-bond acceptors (Lipinski definition) is 1. The third-order valence-corrected chi connectivity index (χ3v) is 2.41. The molecule has 1 aromatic rings. The van der Waals surface area contributed by atoms with Crippen molar-refractivity contribution in [2.45, 2.75) is 39.3 Å². The minimum atomic E-state index is -4.31. The standard InChI is InChI=1S/C13H17F3O/c1-5-17-11-7-6-9(13(14,15)16)8-10(11)12(2,3)4/h6-8H,5H2,1-4H3. The Labute approximate surface area is 99.6 Å². The Morgan fingerprint density at radius 2 is 1.71 bits per heavy atom. The van der Waals surface area contributed by atoms with Crippen LogP contribution < -0.4 is 4.74 Å². The van der Waals surface area contributed by atoms with Crippen LogP contribution in [0.2, 0.25) is 0 Å². The Morgan fingerprint density at radius 3 is 2.12 bits per heavy atom. The highest BCUT2D eigenvalue weighted by Gasteiger charge is 2.32. The largest absolute Gasteiger partial charge is 0.494 e. The molecule has 0 aliphatic rings. The van der Waals surface area contributed by atoms with E-state index in [-0.39, 0.29) is 5.41 Å². The van der Waals surface area contributed by atoms with Crippen molar-refractivity contribution in [3.05, 3.63) is 29.3 Å². The first-order valence-corrected chi connectivity index (χ1v) is 5.50. The lowest BCUT2D eigenvalue weighted by molar-refractivity contribution is -0.137. The van der Waals surface area contributed by atoms with Crippen LogP contribution in [0.15, 0.2) is 18.2 Å². The van der Waals surface area contributed by atoms with Gasteiger partial charge in [0, 0.05) is 5.56 Å². The Kier molecular flexibility index (Phi) is 3.74. The van der Waals surface area contributed by atoms with Crippen LogP contribution in [0.1, 0.15) is 38.8 Å². The molecular weight excluding hydrogens is 229 g/mol. The average Bonchev–Trinajstić information content (AvgIpc) is 2.15. The minimum absolute atomic E-state index is 0.383. The number of hydrogen-bond donors (Lipinski definition) is 0. The van der Waals surface area contributed by atoms with Gasteiger partial charge in [0.1, 0.15) is 5.75 Å². The van der Waals surface area contributed by atoms with E-state index in [1.54, 1.807) is 0 Å². The Bertz CT molecular complexity index is 389. The van der Waals surface area contributed by atoms with Crippen molar-refractivity contribution in [1.82, 2.24) is 0 Å². The van der Waals surface area contributed by atoms with Crippen LogP contribution in [0.5, 0.6) is 5.75 Å². The molecule has 1 aromatic carbocycles. The van der Waals surface area contributed by atoms with Crippen LogP contribution in [0.25, 0.3) is 0 Å². The molecule has 0 saturated heterocycles. The predicted octanol–water partition coefficient (Wildman–Crippen LogP) is 4.40. The summed E-state index contributed by atoms with van der Waals surface area (Å²) in [5, 5.41) is 0. The molecule has 0 N–H and O–H groups in total. The quantitative estimate of drug-likeness (QED) is 0.751. The predicted molar refractivity (Wildman–Crippen MR) is 61.3 cm³/mol. The molecule has 0 aromatic heterocycles. The van der Waals surface area contributed by atoms with Crippen molar-refractivity contribution in [3.63, 3.8) is 0 Å². The SMILES string of the molecule is CCOc1ccc(C(F)(F)F)cc1C(C)(C)C. The number of benzene rings is 1. The summed E-state index contributed by atoms with van der Waals surface area (Å²) in [4.78, 5) is 0. The molecule has 17 heavy (non-hydrogen) atoms. The van der Waals surface area contributed by atoms with Gasteiger partial charge in [-0.05, 0) is 30.5 Å². The zero-order valence-corrected chi connectivity index (χ0v) is 10.5. The van der Waals surface area contributed by atoms with Crippen molar-refractivity contribution in [2.75, 3.05) is 6.61 Å². The molecule has 0 aliphatic carbocycles. The average molecular weight is 246 g/mol. The van der Waals surface area contributed by atoms with E-state index in [1.807, 2.05) is 27.7 Å². The van der Waals surface area contributed by atoms with Crippen molar-refractivity contribution in [3.8, 4) is 5.75 Å². The lowest BCUT2D eigenvalue weighted by atomic mass is 9.85. The minimum Gasteiger partial charge on any atom is -0.494 e. The highest BCUT2D eigenvalue weighted by atomic mass is 19.4. The molecule has 0 atom stereocenters. The molecule has 0 fully saturated rings. The third kappa shape index (κ3) is 3.38. The molecule has 96 valence electrons. The fourth-order valence-corrected chi connectivity index (χ4v) is 1.57. The van der Waals surface area contributed by atoms with Gasteiger partial charge in [-0.3, -0.25) is 0 Å². The molecule has 0 saturated carbocycles. The van der Waals surface area contributed by atoms with E-state index in [0.29, 0.717) is 17.9 Å². The van der Waals surface area contributed by atoms with E-state index in [0.717, 1.165) is 6.07 Å². The summed E-state index contributed by atoms with van der Waals surface area (Å²) in [5.74, 6) is 0.521. The summed E-state index contributed by atoms with van der Waals surface area (Å²) in [6.07, 6.45) is -4.31. The van der Waals surface area contributed by atoms with Gasteiger partial charge >= 0.3 is 6.18 Å². The van der Waals surface area contributed by atoms with Gasteiger partial charge in [-0.15, -0.1) is 0 Å². The van der Waals surface area contributed by atoms with Crippen molar-refractivity contribution in [2.24, 2.45) is 0 Å². The van der Waals surface area contributed by atoms with Gasteiger partial charge in [-0.1, -0.05) is 20.8 Å². The van der Waals surface area contributed by atoms with E-state index in [9.17, 15) is 13.2 Å². The molecule has 0 spiro atoms. The summed E-state index contributed by atoms with van der Waals surface area (Å²) in [6.45, 7) is 7.85. The summed E-state index contributed by atoms with van der Waals surface area (Å²) in [5.41, 5.74) is -0.439. The first kappa shape index (κ1) is 13.9. The van der Waals surface area contributed by atoms with Crippen LogP contribution in [0.4, 0.5) is 13.2 Å². The molecule has 0 aliphatic heterocycles. The van der Waals surface area contributed by atoms with E-state index < -0.39 is 11.7 Å².